The smallest absolute Gasteiger partial charge is 0.0212 e. The summed E-state index contributed by atoms with van der Waals surface area (Å²) < 4.78 is 0. The second kappa shape index (κ2) is 4.84. The Morgan fingerprint density at radius 2 is 1.67 bits per heavy atom. The van der Waals surface area contributed by atoms with Crippen LogP contribution in [0.15, 0.2) is 0 Å². The van der Waals surface area contributed by atoms with Gasteiger partial charge in [-0.1, -0.05) is 6.92 Å². The van der Waals surface area contributed by atoms with E-state index < -0.39 is 0 Å². The van der Waals surface area contributed by atoms with E-state index in [2.05, 4.69) is 31.2 Å². The van der Waals surface area contributed by atoms with Gasteiger partial charge in [0.15, 0.2) is 0 Å². The third kappa shape index (κ3) is 3.18. The van der Waals surface area contributed by atoms with Crippen LogP contribution >= 0.6 is 0 Å². The van der Waals surface area contributed by atoms with Crippen molar-refractivity contribution in [1.82, 2.24) is 10.2 Å². The molecule has 2 saturated carbocycles. The van der Waals surface area contributed by atoms with Crippen LogP contribution in [0.4, 0.5) is 0 Å². The van der Waals surface area contributed by atoms with Crippen molar-refractivity contribution < 1.29 is 0 Å². The zero-order valence-electron chi connectivity index (χ0n) is 10.5. The summed E-state index contributed by atoms with van der Waals surface area (Å²) in [6, 6.07) is 1.57. The normalized spacial score (nSPS) is 23.8. The van der Waals surface area contributed by atoms with Crippen LogP contribution in [0.25, 0.3) is 0 Å². The Hall–Kier alpha value is -0.0800. The standard InChI is InChI=1S/C13H26N2/c1-4-12(15(2)3)9-14-13(10-5-6-10)11-7-8-11/h10-14H,4-9H2,1-3H3. The van der Waals surface area contributed by atoms with E-state index >= 15 is 0 Å². The molecule has 1 unspecified atom stereocenters. The summed E-state index contributed by atoms with van der Waals surface area (Å²) in [4.78, 5) is 2.35. The second-order valence-corrected chi connectivity index (χ2v) is 5.63. The summed E-state index contributed by atoms with van der Waals surface area (Å²) in [5.41, 5.74) is 0. The lowest BCUT2D eigenvalue weighted by Gasteiger charge is -2.26. The van der Waals surface area contributed by atoms with E-state index in [-0.39, 0.29) is 0 Å². The zero-order valence-corrected chi connectivity index (χ0v) is 10.5. The van der Waals surface area contributed by atoms with Gasteiger partial charge in [-0.15, -0.1) is 0 Å². The van der Waals surface area contributed by atoms with E-state index in [1.807, 2.05) is 0 Å². The fourth-order valence-corrected chi connectivity index (χ4v) is 2.59. The number of hydrogen-bond acceptors (Lipinski definition) is 2. The van der Waals surface area contributed by atoms with E-state index in [9.17, 15) is 0 Å². The molecule has 15 heavy (non-hydrogen) atoms. The monoisotopic (exact) mass is 210 g/mol. The summed E-state index contributed by atoms with van der Waals surface area (Å²) in [5, 5.41) is 3.83. The van der Waals surface area contributed by atoms with Gasteiger partial charge in [-0.25, -0.2) is 0 Å². The molecular weight excluding hydrogens is 184 g/mol. The quantitative estimate of drug-likeness (QED) is 0.692. The van der Waals surface area contributed by atoms with Gasteiger partial charge in [0.1, 0.15) is 0 Å². The highest BCUT2D eigenvalue weighted by Gasteiger charge is 2.41. The highest BCUT2D eigenvalue weighted by atomic mass is 15.1. The van der Waals surface area contributed by atoms with Crippen molar-refractivity contribution in [2.75, 3.05) is 20.6 Å². The number of nitrogens with zero attached hydrogens (tertiary/aromatic N) is 1. The minimum atomic E-state index is 0.713. The topological polar surface area (TPSA) is 15.3 Å². The summed E-state index contributed by atoms with van der Waals surface area (Å²) in [6.45, 7) is 3.47. The van der Waals surface area contributed by atoms with Crippen molar-refractivity contribution in [3.8, 4) is 0 Å². The third-order valence-corrected chi connectivity index (χ3v) is 4.05. The van der Waals surface area contributed by atoms with Crippen LogP contribution in [-0.4, -0.2) is 37.6 Å². The molecule has 2 rings (SSSR count). The molecular formula is C13H26N2. The predicted molar refractivity (Wildman–Crippen MR) is 65.0 cm³/mol. The Balaban J connectivity index is 1.74. The van der Waals surface area contributed by atoms with Crippen molar-refractivity contribution in [3.05, 3.63) is 0 Å². The van der Waals surface area contributed by atoms with Crippen LogP contribution in [-0.2, 0) is 0 Å². The third-order valence-electron chi connectivity index (χ3n) is 4.05. The highest BCUT2D eigenvalue weighted by Crippen LogP contribution is 2.44. The van der Waals surface area contributed by atoms with Gasteiger partial charge >= 0.3 is 0 Å². The molecule has 2 aliphatic rings. The molecule has 0 aromatic rings. The van der Waals surface area contributed by atoms with Crippen LogP contribution in [0.5, 0.6) is 0 Å². The van der Waals surface area contributed by atoms with E-state index in [0.717, 1.165) is 17.9 Å². The number of nitrogens with one attached hydrogen (secondary N) is 1. The van der Waals surface area contributed by atoms with Crippen LogP contribution in [0, 0.1) is 11.8 Å². The molecule has 0 spiro atoms. The van der Waals surface area contributed by atoms with Crippen LogP contribution in [0.3, 0.4) is 0 Å². The molecule has 0 radical (unpaired) electrons. The molecule has 0 aromatic carbocycles. The van der Waals surface area contributed by atoms with E-state index in [4.69, 9.17) is 0 Å². The van der Waals surface area contributed by atoms with Crippen molar-refractivity contribution in [2.45, 2.75) is 51.1 Å². The zero-order chi connectivity index (χ0) is 10.8. The first-order valence-electron chi connectivity index (χ1n) is 6.62. The molecule has 2 aliphatic carbocycles. The molecule has 2 fully saturated rings. The van der Waals surface area contributed by atoms with Gasteiger partial charge in [-0.2, -0.15) is 0 Å². The lowest BCUT2D eigenvalue weighted by molar-refractivity contribution is 0.258. The second-order valence-electron chi connectivity index (χ2n) is 5.63. The minimum Gasteiger partial charge on any atom is -0.312 e. The van der Waals surface area contributed by atoms with Crippen molar-refractivity contribution in [1.29, 1.82) is 0 Å². The summed E-state index contributed by atoms with van der Waals surface area (Å²) in [5.74, 6) is 2.05. The largest absolute Gasteiger partial charge is 0.312 e. The Bertz CT molecular complexity index is 183. The molecule has 0 aromatic heterocycles. The van der Waals surface area contributed by atoms with Crippen LogP contribution < -0.4 is 5.32 Å². The first kappa shape index (κ1) is 11.4. The molecule has 0 heterocycles. The minimum absolute atomic E-state index is 0.713. The first-order chi connectivity index (χ1) is 7.22. The van der Waals surface area contributed by atoms with E-state index in [1.165, 1.54) is 38.6 Å². The Labute approximate surface area is 94.4 Å². The Kier molecular flexibility index (Phi) is 3.68. The fourth-order valence-electron chi connectivity index (χ4n) is 2.59. The molecule has 0 aliphatic heterocycles. The van der Waals surface area contributed by atoms with E-state index in [0.29, 0.717) is 6.04 Å². The van der Waals surface area contributed by atoms with Crippen molar-refractivity contribution >= 4 is 0 Å². The van der Waals surface area contributed by atoms with Crippen molar-refractivity contribution in [3.63, 3.8) is 0 Å². The summed E-state index contributed by atoms with van der Waals surface area (Å²) in [7, 11) is 4.39. The maximum Gasteiger partial charge on any atom is 0.0212 e. The van der Waals surface area contributed by atoms with Gasteiger partial charge in [-0.3, -0.25) is 0 Å². The van der Waals surface area contributed by atoms with Gasteiger partial charge in [-0.05, 0) is 58.0 Å². The highest BCUT2D eigenvalue weighted by molar-refractivity contribution is 4.96. The van der Waals surface area contributed by atoms with E-state index in [1.54, 1.807) is 0 Å². The number of hydrogen-bond donors (Lipinski definition) is 1. The molecule has 0 bridgehead atoms. The SMILES string of the molecule is CCC(CNC(C1CC1)C1CC1)N(C)C. The van der Waals surface area contributed by atoms with Crippen molar-refractivity contribution in [2.24, 2.45) is 11.8 Å². The molecule has 88 valence electrons. The first-order valence-corrected chi connectivity index (χ1v) is 6.62. The number of likely N-dealkylation sites (N-methyl/N-ethyl adjacent to an activating group) is 1. The van der Waals surface area contributed by atoms with Gasteiger partial charge in [0.05, 0.1) is 0 Å². The summed E-state index contributed by atoms with van der Waals surface area (Å²) >= 11 is 0. The molecule has 0 saturated heterocycles. The van der Waals surface area contributed by atoms with Crippen LogP contribution in [0.1, 0.15) is 39.0 Å². The molecule has 0 amide bonds. The average molecular weight is 210 g/mol. The Morgan fingerprint density at radius 1 is 1.13 bits per heavy atom. The molecule has 2 heteroatoms. The predicted octanol–water partition coefficient (Wildman–Crippen LogP) is 2.10. The molecule has 2 nitrogen and oxygen atoms in total. The van der Waals surface area contributed by atoms with Gasteiger partial charge < -0.3 is 10.2 Å². The lowest BCUT2D eigenvalue weighted by atomic mass is 10.1. The van der Waals surface area contributed by atoms with Gasteiger partial charge in [0.2, 0.25) is 0 Å². The molecule has 1 atom stereocenters. The Morgan fingerprint density at radius 3 is 2.00 bits per heavy atom. The maximum absolute atomic E-state index is 3.83. The maximum atomic E-state index is 3.83. The van der Waals surface area contributed by atoms with Gasteiger partial charge in [0.25, 0.3) is 0 Å². The van der Waals surface area contributed by atoms with Gasteiger partial charge in [0, 0.05) is 18.6 Å². The van der Waals surface area contributed by atoms with Crippen LogP contribution in [0.2, 0.25) is 0 Å². The summed E-state index contributed by atoms with van der Waals surface area (Å²) in [6.07, 6.45) is 7.17. The lowest BCUT2D eigenvalue weighted by Crippen LogP contribution is -2.43. The fraction of sp³-hybridized carbons (Fsp3) is 1.00. The average Bonchev–Trinajstić information content (AvgIpc) is 3.00. The molecule has 1 N–H and O–H groups in total. The number of rotatable bonds is 7.